The molecule has 130 valence electrons. The van der Waals surface area contributed by atoms with Crippen LogP contribution in [0.3, 0.4) is 0 Å². The van der Waals surface area contributed by atoms with E-state index in [4.69, 9.17) is 12.2 Å². The third-order valence-electron chi connectivity index (χ3n) is 5.30. The lowest BCUT2D eigenvalue weighted by Crippen LogP contribution is -2.52. The van der Waals surface area contributed by atoms with E-state index in [1.807, 2.05) is 16.7 Å². The second-order valence-electron chi connectivity index (χ2n) is 7.07. The third-order valence-corrected chi connectivity index (χ3v) is 5.70. The molecule has 0 radical (unpaired) electrons. The molecule has 3 heterocycles. The monoisotopic (exact) mass is 353 g/mol. The molecule has 0 saturated carbocycles. The maximum Gasteiger partial charge on any atom is 0.250 e. The maximum atomic E-state index is 12.1. The summed E-state index contributed by atoms with van der Waals surface area (Å²) in [5.74, 6) is 0.899. The van der Waals surface area contributed by atoms with Crippen molar-refractivity contribution in [3.63, 3.8) is 0 Å². The van der Waals surface area contributed by atoms with Gasteiger partial charge < -0.3 is 14.8 Å². The van der Waals surface area contributed by atoms with Gasteiger partial charge in [0.25, 0.3) is 5.56 Å². The zero-order valence-electron chi connectivity index (χ0n) is 14.2. The van der Waals surface area contributed by atoms with Gasteiger partial charge in [0.1, 0.15) is 0 Å². The lowest BCUT2D eigenvalue weighted by atomic mass is 9.83. The molecular weight excluding hydrogens is 330 g/mol. The summed E-state index contributed by atoms with van der Waals surface area (Å²) in [6.07, 6.45) is 2.13. The summed E-state index contributed by atoms with van der Waals surface area (Å²) in [6.45, 7) is 3.50. The number of hydrogen-bond donors (Lipinski definition) is 1. The molecular formula is C20H23N3OS. The van der Waals surface area contributed by atoms with Crippen LogP contribution in [0.25, 0.3) is 0 Å². The highest BCUT2D eigenvalue weighted by atomic mass is 32.1. The summed E-state index contributed by atoms with van der Waals surface area (Å²) in [6, 6.07) is 16.1. The summed E-state index contributed by atoms with van der Waals surface area (Å²) in [4.78, 5) is 14.4. The summed E-state index contributed by atoms with van der Waals surface area (Å²) in [5, 5.41) is 4.26. The van der Waals surface area contributed by atoms with Crippen molar-refractivity contribution in [1.29, 1.82) is 0 Å². The highest BCUT2D eigenvalue weighted by Gasteiger charge is 2.35. The van der Waals surface area contributed by atoms with E-state index in [-0.39, 0.29) is 5.56 Å². The van der Waals surface area contributed by atoms with Crippen LogP contribution in [0.2, 0.25) is 0 Å². The molecule has 2 bridgehead atoms. The van der Waals surface area contributed by atoms with Gasteiger partial charge in [-0.2, -0.15) is 0 Å². The van der Waals surface area contributed by atoms with Gasteiger partial charge in [-0.25, -0.2) is 0 Å². The molecule has 1 fully saturated rings. The Hall–Kier alpha value is -2.14. The van der Waals surface area contributed by atoms with Crippen LogP contribution in [0.5, 0.6) is 0 Å². The first-order chi connectivity index (χ1) is 12.2. The van der Waals surface area contributed by atoms with E-state index in [0.717, 1.165) is 44.1 Å². The molecule has 2 atom stereocenters. The molecule has 4 nitrogen and oxygen atoms in total. The van der Waals surface area contributed by atoms with Gasteiger partial charge in [-0.15, -0.1) is 0 Å². The molecule has 0 aliphatic carbocycles. The van der Waals surface area contributed by atoms with Crippen LogP contribution in [0.1, 0.15) is 23.6 Å². The number of hydrogen-bond acceptors (Lipinski definition) is 2. The lowest BCUT2D eigenvalue weighted by molar-refractivity contribution is 0.177. The van der Waals surface area contributed by atoms with Crippen LogP contribution in [-0.4, -0.2) is 34.2 Å². The van der Waals surface area contributed by atoms with Crippen LogP contribution in [0.15, 0.2) is 53.3 Å². The highest BCUT2D eigenvalue weighted by molar-refractivity contribution is 7.80. The fourth-order valence-electron chi connectivity index (χ4n) is 4.13. The largest absolute Gasteiger partial charge is 0.362 e. The first kappa shape index (κ1) is 16.3. The summed E-state index contributed by atoms with van der Waals surface area (Å²) >= 11 is 5.64. The van der Waals surface area contributed by atoms with Crippen LogP contribution in [-0.2, 0) is 13.0 Å². The Bertz CT molecular complexity index is 817. The number of thiocarbonyl (C=S) groups is 1. The van der Waals surface area contributed by atoms with Gasteiger partial charge in [-0.1, -0.05) is 36.4 Å². The second kappa shape index (κ2) is 7.00. The van der Waals surface area contributed by atoms with Crippen molar-refractivity contribution >= 4 is 17.3 Å². The van der Waals surface area contributed by atoms with Crippen molar-refractivity contribution in [3.05, 3.63) is 70.1 Å². The van der Waals surface area contributed by atoms with Crippen LogP contribution < -0.4 is 10.9 Å². The normalized spacial score (nSPS) is 21.5. The molecule has 5 heteroatoms. The molecule has 25 heavy (non-hydrogen) atoms. The molecule has 2 aliphatic rings. The lowest BCUT2D eigenvalue weighted by Gasteiger charge is -2.43. The fourth-order valence-corrected chi connectivity index (χ4v) is 4.38. The first-order valence-electron chi connectivity index (χ1n) is 8.97. The first-order valence-corrected chi connectivity index (χ1v) is 9.38. The smallest absolute Gasteiger partial charge is 0.250 e. The van der Waals surface area contributed by atoms with Gasteiger partial charge in [-0.3, -0.25) is 4.79 Å². The van der Waals surface area contributed by atoms with Crippen LogP contribution >= 0.6 is 12.2 Å². The average molecular weight is 353 g/mol. The Balaban J connectivity index is 1.38. The molecule has 0 unspecified atom stereocenters. The van der Waals surface area contributed by atoms with Gasteiger partial charge in [0, 0.05) is 43.9 Å². The van der Waals surface area contributed by atoms with E-state index in [1.54, 1.807) is 6.07 Å². The minimum atomic E-state index is 0.129. The number of nitrogens with zero attached hydrogens (tertiary/aromatic N) is 2. The van der Waals surface area contributed by atoms with E-state index in [2.05, 4.69) is 40.5 Å². The van der Waals surface area contributed by atoms with Gasteiger partial charge in [0.05, 0.1) is 0 Å². The van der Waals surface area contributed by atoms with Crippen molar-refractivity contribution in [2.24, 2.45) is 5.92 Å². The van der Waals surface area contributed by atoms with Crippen molar-refractivity contribution in [3.8, 4) is 0 Å². The summed E-state index contributed by atoms with van der Waals surface area (Å²) < 4.78 is 1.96. The fraction of sp³-hybridized carbons (Fsp3) is 0.400. The number of piperidine rings is 1. The van der Waals surface area contributed by atoms with E-state index in [1.165, 1.54) is 11.3 Å². The molecule has 2 aromatic rings. The minimum absolute atomic E-state index is 0.129. The van der Waals surface area contributed by atoms with Gasteiger partial charge >= 0.3 is 0 Å². The van der Waals surface area contributed by atoms with E-state index in [9.17, 15) is 4.79 Å². The minimum Gasteiger partial charge on any atom is -0.362 e. The summed E-state index contributed by atoms with van der Waals surface area (Å²) in [5.41, 5.74) is 2.62. The van der Waals surface area contributed by atoms with E-state index >= 15 is 0 Å². The van der Waals surface area contributed by atoms with Gasteiger partial charge in [0.15, 0.2) is 5.11 Å². The predicted molar refractivity (Wildman–Crippen MR) is 104 cm³/mol. The predicted octanol–water partition coefficient (Wildman–Crippen LogP) is 2.38. The van der Waals surface area contributed by atoms with Crippen molar-refractivity contribution in [2.75, 3.05) is 19.6 Å². The molecule has 0 amide bonds. The highest BCUT2D eigenvalue weighted by Crippen LogP contribution is 2.34. The Morgan fingerprint density at radius 1 is 1.08 bits per heavy atom. The molecule has 1 aromatic heterocycles. The standard InChI is InChI=1S/C20H23N3OS/c24-19-8-4-7-18-17-11-16(13-23(18)19)12-22(14-17)20(25)21-10-9-15-5-2-1-3-6-15/h1-8,16-17H,9-14H2,(H,21,25)/t16-,17+/m0/s1. The number of nitrogens with one attached hydrogen (secondary N) is 1. The maximum absolute atomic E-state index is 12.1. The Morgan fingerprint density at radius 3 is 2.76 bits per heavy atom. The van der Waals surface area contributed by atoms with Crippen molar-refractivity contribution in [2.45, 2.75) is 25.3 Å². The Labute approximate surface area is 153 Å². The third kappa shape index (κ3) is 3.47. The van der Waals surface area contributed by atoms with Gasteiger partial charge in [0.2, 0.25) is 0 Å². The topological polar surface area (TPSA) is 37.3 Å². The molecule has 2 aliphatic heterocycles. The number of pyridine rings is 1. The van der Waals surface area contributed by atoms with E-state index in [0.29, 0.717) is 11.8 Å². The van der Waals surface area contributed by atoms with E-state index < -0.39 is 0 Å². The average Bonchev–Trinajstić information content (AvgIpc) is 2.63. The SMILES string of the molecule is O=c1cccc2n1C[C@H]1C[C@@H]2CN(C(=S)NCCc2ccccc2)C1. The quantitative estimate of drug-likeness (QED) is 0.860. The molecule has 4 rings (SSSR count). The van der Waals surface area contributed by atoms with Crippen molar-refractivity contribution in [1.82, 2.24) is 14.8 Å². The second-order valence-corrected chi connectivity index (χ2v) is 7.46. The Morgan fingerprint density at radius 2 is 1.92 bits per heavy atom. The number of benzene rings is 1. The Kier molecular flexibility index (Phi) is 4.57. The number of aromatic nitrogens is 1. The zero-order chi connectivity index (χ0) is 17.2. The number of likely N-dealkylation sites (tertiary alicyclic amines) is 1. The molecule has 1 aromatic carbocycles. The molecule has 0 spiro atoms. The molecule has 1 N–H and O–H groups in total. The van der Waals surface area contributed by atoms with Gasteiger partial charge in [-0.05, 0) is 42.6 Å². The molecule has 1 saturated heterocycles. The van der Waals surface area contributed by atoms with Crippen LogP contribution in [0, 0.1) is 5.92 Å². The van der Waals surface area contributed by atoms with Crippen LogP contribution in [0.4, 0.5) is 0 Å². The number of fused-ring (bicyclic) bond motifs is 4. The summed E-state index contributed by atoms with van der Waals surface area (Å²) in [7, 11) is 0. The zero-order valence-corrected chi connectivity index (χ0v) is 15.0. The van der Waals surface area contributed by atoms with Crippen molar-refractivity contribution < 1.29 is 0 Å². The number of rotatable bonds is 3.